The molecular formula is C22H23N3O4. The Labute approximate surface area is 169 Å². The number of ether oxygens (including phenoxy) is 1. The van der Waals surface area contributed by atoms with Crippen molar-refractivity contribution in [2.24, 2.45) is 0 Å². The third kappa shape index (κ3) is 5.91. The minimum absolute atomic E-state index is 0.247. The van der Waals surface area contributed by atoms with Crippen LogP contribution in [0.3, 0.4) is 0 Å². The quantitative estimate of drug-likeness (QED) is 0.694. The summed E-state index contributed by atoms with van der Waals surface area (Å²) in [5.74, 6) is -1.36. The number of nitrogens with zero attached hydrogens (tertiary/aromatic N) is 2. The van der Waals surface area contributed by atoms with Crippen molar-refractivity contribution in [2.75, 3.05) is 18.4 Å². The molecule has 0 fully saturated rings. The van der Waals surface area contributed by atoms with Gasteiger partial charge in [-0.2, -0.15) is 5.26 Å². The molecule has 0 heterocycles. The molecule has 2 rings (SSSR count). The number of anilines is 1. The molecule has 2 amide bonds. The van der Waals surface area contributed by atoms with Crippen LogP contribution in [0.5, 0.6) is 0 Å². The van der Waals surface area contributed by atoms with Gasteiger partial charge in [-0.25, -0.2) is 4.79 Å². The summed E-state index contributed by atoms with van der Waals surface area (Å²) in [4.78, 5) is 38.6. The van der Waals surface area contributed by atoms with Crippen molar-refractivity contribution in [1.29, 1.82) is 5.26 Å². The fraction of sp³-hybridized carbons (Fsp3) is 0.273. The second-order valence-electron chi connectivity index (χ2n) is 6.17. The van der Waals surface area contributed by atoms with Crippen LogP contribution in [0.25, 0.3) is 0 Å². The summed E-state index contributed by atoms with van der Waals surface area (Å²) in [7, 11) is 0. The molecule has 0 radical (unpaired) electrons. The molecule has 0 aromatic heterocycles. The number of likely N-dealkylation sites (N-methyl/N-ethyl adjacent to an activating group) is 1. The highest BCUT2D eigenvalue weighted by Gasteiger charge is 2.28. The lowest BCUT2D eigenvalue weighted by Crippen LogP contribution is -2.36. The van der Waals surface area contributed by atoms with Crippen LogP contribution in [0.15, 0.2) is 54.6 Å². The SMILES string of the molecule is CCN(CC)C(=O)[C@@H](OC(=O)c1ccc(NC(=O)CC#N)cc1)c1ccccc1. The van der Waals surface area contributed by atoms with E-state index in [0.29, 0.717) is 24.3 Å². The van der Waals surface area contributed by atoms with Gasteiger partial charge in [-0.3, -0.25) is 9.59 Å². The zero-order valence-corrected chi connectivity index (χ0v) is 16.4. The van der Waals surface area contributed by atoms with E-state index in [0.717, 1.165) is 0 Å². The summed E-state index contributed by atoms with van der Waals surface area (Å²) in [6.07, 6.45) is -1.30. The summed E-state index contributed by atoms with van der Waals surface area (Å²) in [5.41, 5.74) is 1.30. The van der Waals surface area contributed by atoms with Crippen LogP contribution in [-0.2, 0) is 14.3 Å². The fourth-order valence-corrected chi connectivity index (χ4v) is 2.73. The Kier molecular flexibility index (Phi) is 7.92. The minimum Gasteiger partial charge on any atom is -0.444 e. The molecule has 29 heavy (non-hydrogen) atoms. The van der Waals surface area contributed by atoms with Crippen LogP contribution in [0.2, 0.25) is 0 Å². The molecule has 0 aliphatic heterocycles. The molecular weight excluding hydrogens is 370 g/mol. The molecule has 0 aliphatic carbocycles. The van der Waals surface area contributed by atoms with Crippen molar-refractivity contribution in [2.45, 2.75) is 26.4 Å². The highest BCUT2D eigenvalue weighted by molar-refractivity contribution is 5.95. The van der Waals surface area contributed by atoms with Gasteiger partial charge < -0.3 is 15.0 Å². The Hall–Kier alpha value is -3.66. The van der Waals surface area contributed by atoms with Crippen molar-refractivity contribution in [3.8, 4) is 6.07 Å². The normalized spacial score (nSPS) is 11.1. The van der Waals surface area contributed by atoms with E-state index in [1.165, 1.54) is 24.3 Å². The van der Waals surface area contributed by atoms with Gasteiger partial charge in [0, 0.05) is 24.3 Å². The standard InChI is InChI=1S/C22H23N3O4/c1-3-25(4-2)21(27)20(16-8-6-5-7-9-16)29-22(28)17-10-12-18(13-11-17)24-19(26)14-15-23/h5-13,20H,3-4,14H2,1-2H3,(H,24,26)/t20-/m0/s1. The topological polar surface area (TPSA) is 99.5 Å². The highest BCUT2D eigenvalue weighted by atomic mass is 16.5. The first-order chi connectivity index (χ1) is 14.0. The first-order valence-electron chi connectivity index (χ1n) is 9.31. The molecule has 0 unspecified atom stereocenters. The number of carbonyl (C=O) groups is 3. The zero-order valence-electron chi connectivity index (χ0n) is 16.4. The first-order valence-corrected chi connectivity index (χ1v) is 9.31. The van der Waals surface area contributed by atoms with Crippen LogP contribution in [0.1, 0.15) is 42.3 Å². The molecule has 2 aromatic rings. The maximum atomic E-state index is 12.9. The number of amides is 2. The van der Waals surface area contributed by atoms with E-state index >= 15 is 0 Å². The van der Waals surface area contributed by atoms with Crippen molar-refractivity contribution in [1.82, 2.24) is 4.90 Å². The predicted octanol–water partition coefficient (Wildman–Crippen LogP) is 3.31. The number of esters is 1. The Bertz CT molecular complexity index is 885. The Morgan fingerprint density at radius 1 is 1.03 bits per heavy atom. The zero-order chi connectivity index (χ0) is 21.2. The van der Waals surface area contributed by atoms with E-state index in [4.69, 9.17) is 10.00 Å². The Balaban J connectivity index is 2.18. The lowest BCUT2D eigenvalue weighted by molar-refractivity contribution is -0.140. The van der Waals surface area contributed by atoms with Crippen LogP contribution in [0.4, 0.5) is 5.69 Å². The second-order valence-corrected chi connectivity index (χ2v) is 6.17. The van der Waals surface area contributed by atoms with Gasteiger partial charge in [0.2, 0.25) is 12.0 Å². The molecule has 2 aromatic carbocycles. The van der Waals surface area contributed by atoms with E-state index in [1.807, 2.05) is 19.9 Å². The van der Waals surface area contributed by atoms with Crippen LogP contribution in [0, 0.1) is 11.3 Å². The van der Waals surface area contributed by atoms with Gasteiger partial charge in [0.25, 0.3) is 5.91 Å². The lowest BCUT2D eigenvalue weighted by atomic mass is 10.1. The summed E-state index contributed by atoms with van der Waals surface area (Å²) in [5, 5.41) is 11.1. The van der Waals surface area contributed by atoms with Gasteiger partial charge in [-0.05, 0) is 38.1 Å². The number of hydrogen-bond acceptors (Lipinski definition) is 5. The third-order valence-corrected chi connectivity index (χ3v) is 4.27. The Morgan fingerprint density at radius 2 is 1.66 bits per heavy atom. The fourth-order valence-electron chi connectivity index (χ4n) is 2.73. The van der Waals surface area contributed by atoms with Gasteiger partial charge in [0.05, 0.1) is 11.6 Å². The number of carbonyl (C=O) groups excluding carboxylic acids is 3. The minimum atomic E-state index is -1.04. The van der Waals surface area contributed by atoms with Gasteiger partial charge in [-0.15, -0.1) is 0 Å². The molecule has 0 bridgehead atoms. The monoisotopic (exact) mass is 393 g/mol. The average Bonchev–Trinajstić information content (AvgIpc) is 2.74. The van der Waals surface area contributed by atoms with Gasteiger partial charge >= 0.3 is 5.97 Å². The molecule has 150 valence electrons. The first kappa shape index (κ1) is 21.6. The van der Waals surface area contributed by atoms with E-state index in [2.05, 4.69) is 5.32 Å². The largest absolute Gasteiger partial charge is 0.444 e. The van der Waals surface area contributed by atoms with E-state index in [9.17, 15) is 14.4 Å². The number of hydrogen-bond donors (Lipinski definition) is 1. The molecule has 0 aliphatic rings. The second kappa shape index (κ2) is 10.6. The van der Waals surface area contributed by atoms with Crippen molar-refractivity contribution >= 4 is 23.5 Å². The van der Waals surface area contributed by atoms with Crippen molar-refractivity contribution in [3.63, 3.8) is 0 Å². The molecule has 0 saturated heterocycles. The lowest BCUT2D eigenvalue weighted by Gasteiger charge is -2.25. The van der Waals surface area contributed by atoms with Crippen LogP contribution >= 0.6 is 0 Å². The predicted molar refractivity (Wildman–Crippen MR) is 108 cm³/mol. The molecule has 1 atom stereocenters. The number of rotatable bonds is 8. The average molecular weight is 393 g/mol. The van der Waals surface area contributed by atoms with Gasteiger partial charge in [0.15, 0.2) is 0 Å². The number of nitriles is 1. The van der Waals surface area contributed by atoms with Crippen molar-refractivity contribution < 1.29 is 19.1 Å². The number of benzene rings is 2. The van der Waals surface area contributed by atoms with Gasteiger partial charge in [0.1, 0.15) is 6.42 Å². The molecule has 7 heteroatoms. The van der Waals surface area contributed by atoms with Crippen molar-refractivity contribution in [3.05, 3.63) is 65.7 Å². The van der Waals surface area contributed by atoms with Gasteiger partial charge in [-0.1, -0.05) is 30.3 Å². The molecule has 7 nitrogen and oxygen atoms in total. The maximum absolute atomic E-state index is 12.9. The van der Waals surface area contributed by atoms with Crippen LogP contribution in [-0.4, -0.2) is 35.8 Å². The van der Waals surface area contributed by atoms with Crippen LogP contribution < -0.4 is 5.32 Å². The Morgan fingerprint density at radius 3 is 2.21 bits per heavy atom. The summed E-state index contributed by atoms with van der Waals surface area (Å²) in [6.45, 7) is 4.75. The molecule has 0 spiro atoms. The summed E-state index contributed by atoms with van der Waals surface area (Å²) in [6, 6.07) is 16.7. The maximum Gasteiger partial charge on any atom is 0.339 e. The molecule has 1 N–H and O–H groups in total. The summed E-state index contributed by atoms with van der Waals surface area (Å²) < 4.78 is 5.57. The van der Waals surface area contributed by atoms with E-state index in [1.54, 1.807) is 35.2 Å². The smallest absolute Gasteiger partial charge is 0.339 e. The molecule has 0 saturated carbocycles. The van der Waals surface area contributed by atoms with E-state index in [-0.39, 0.29) is 17.9 Å². The summed E-state index contributed by atoms with van der Waals surface area (Å²) >= 11 is 0. The number of nitrogens with one attached hydrogen (secondary N) is 1. The highest BCUT2D eigenvalue weighted by Crippen LogP contribution is 2.22. The van der Waals surface area contributed by atoms with E-state index < -0.39 is 18.0 Å². The third-order valence-electron chi connectivity index (χ3n) is 4.27.